The van der Waals surface area contributed by atoms with Gasteiger partial charge in [-0.1, -0.05) is 89.9 Å². The molecule has 3 heteroatoms. The van der Waals surface area contributed by atoms with E-state index in [-0.39, 0.29) is 5.97 Å². The van der Waals surface area contributed by atoms with Crippen molar-refractivity contribution < 1.29 is 9.53 Å². The van der Waals surface area contributed by atoms with Gasteiger partial charge in [-0.2, -0.15) is 0 Å². The highest BCUT2D eigenvalue weighted by Gasteiger charge is 2.13. The Labute approximate surface area is 250 Å². The minimum Gasteiger partial charge on any atom is -0.466 e. The fourth-order valence-electron chi connectivity index (χ4n) is 4.53. The third-order valence-corrected chi connectivity index (χ3v) is 6.69. The van der Waals surface area contributed by atoms with E-state index in [0.717, 1.165) is 25.2 Å². The topological polar surface area (TPSA) is 29.5 Å². The number of carbonyl (C=O) groups is 1. The Morgan fingerprint density at radius 2 is 1.12 bits per heavy atom. The Balaban J connectivity index is 1.95. The van der Waals surface area contributed by atoms with E-state index in [1.165, 1.54) is 83.5 Å². The van der Waals surface area contributed by atoms with Crippen molar-refractivity contribution in [2.45, 2.75) is 109 Å². The maximum Gasteiger partial charge on any atom is 0.305 e. The number of esters is 1. The molecule has 0 aromatic heterocycles. The first kappa shape index (κ1) is 34.8. The van der Waals surface area contributed by atoms with Crippen LogP contribution in [0.4, 0.5) is 0 Å². The average molecular weight is 546 g/mol. The molecule has 3 nitrogen and oxygen atoms in total. The molecule has 1 aliphatic carbocycles. The zero-order chi connectivity index (χ0) is 29.5. The molecule has 212 valence electrons. The van der Waals surface area contributed by atoms with Gasteiger partial charge in [0.2, 0.25) is 0 Å². The Bertz CT molecular complexity index is 1240. The van der Waals surface area contributed by atoms with E-state index < -0.39 is 0 Å². The van der Waals surface area contributed by atoms with Crippen LogP contribution in [0.1, 0.15) is 109 Å². The lowest BCUT2D eigenvalue weighted by Crippen LogP contribution is -2.16. The van der Waals surface area contributed by atoms with Gasteiger partial charge in [-0.05, 0) is 60.2 Å². The summed E-state index contributed by atoms with van der Waals surface area (Å²) in [5.41, 5.74) is 0. The van der Waals surface area contributed by atoms with Crippen molar-refractivity contribution in [3.8, 4) is 95.4 Å². The van der Waals surface area contributed by atoms with Crippen molar-refractivity contribution in [3.63, 3.8) is 0 Å². The zero-order valence-corrected chi connectivity index (χ0v) is 24.9. The van der Waals surface area contributed by atoms with Crippen LogP contribution in [0, 0.1) is 101 Å². The van der Waals surface area contributed by atoms with Gasteiger partial charge in [0.1, 0.15) is 0 Å². The van der Waals surface area contributed by atoms with Crippen LogP contribution in [0.3, 0.4) is 0 Å². The van der Waals surface area contributed by atoms with Crippen LogP contribution in [-0.4, -0.2) is 31.1 Å². The molecule has 1 aliphatic rings. The number of terminal acetylenes is 1. The van der Waals surface area contributed by atoms with Gasteiger partial charge in [0.15, 0.2) is 0 Å². The van der Waals surface area contributed by atoms with E-state index >= 15 is 0 Å². The summed E-state index contributed by atoms with van der Waals surface area (Å²) >= 11 is 0. The second kappa shape index (κ2) is 27.3. The highest BCUT2D eigenvalue weighted by atomic mass is 16.5. The third kappa shape index (κ3) is 24.5. The standard InChI is InChI=1S/C38H43NO2/c1-3-4-5-6-7-8-9-10-11-14-17-20-23-28-34-39(2)35-29-36-41-38(40)33-25-22-19-16-13-12-15-18-21-24-30-37-31-26-27-32-37/h1,37H,12-13,15-16,18-19,21-22,24-27,29-33,35-36H2,2H3. The third-order valence-electron chi connectivity index (χ3n) is 6.69. The SMILES string of the molecule is C#CC#CC#CC#CC#CC#CC#CC#CN(C)CCCOC(=O)CCCCCCCCCCCCC1CCCC1. The minimum atomic E-state index is -0.0998. The fourth-order valence-corrected chi connectivity index (χ4v) is 4.53. The molecular formula is C38H43NO2. The van der Waals surface area contributed by atoms with Crippen molar-refractivity contribution >= 4 is 5.97 Å². The van der Waals surface area contributed by atoms with Crippen LogP contribution >= 0.6 is 0 Å². The molecule has 0 aliphatic heterocycles. The second-order valence-corrected chi connectivity index (χ2v) is 10.1. The quantitative estimate of drug-likeness (QED) is 0.0925. The number of rotatable bonds is 17. The molecule has 1 rings (SSSR count). The Kier molecular flexibility index (Phi) is 23.2. The fraction of sp³-hybridized carbons (Fsp3) is 0.553. The number of ether oxygens (including phenoxy) is 1. The number of unbranched alkanes of at least 4 members (excludes halogenated alkanes) is 9. The van der Waals surface area contributed by atoms with Crippen molar-refractivity contribution in [2.75, 3.05) is 20.2 Å². The Morgan fingerprint density at radius 3 is 1.66 bits per heavy atom. The molecule has 0 N–H and O–H groups in total. The van der Waals surface area contributed by atoms with Gasteiger partial charge >= 0.3 is 5.97 Å². The molecule has 0 amide bonds. The van der Waals surface area contributed by atoms with E-state index in [2.05, 4.69) is 88.9 Å². The zero-order valence-electron chi connectivity index (χ0n) is 24.9. The molecule has 0 radical (unpaired) electrons. The molecule has 0 bridgehead atoms. The number of hydrogen-bond acceptors (Lipinski definition) is 3. The van der Waals surface area contributed by atoms with Crippen LogP contribution in [0.5, 0.6) is 0 Å². The average Bonchev–Trinajstić information content (AvgIpc) is 3.50. The molecule has 0 aromatic rings. The summed E-state index contributed by atoms with van der Waals surface area (Å²) in [6, 6.07) is 2.90. The van der Waals surface area contributed by atoms with Gasteiger partial charge in [0.25, 0.3) is 0 Å². The van der Waals surface area contributed by atoms with Crippen molar-refractivity contribution in [1.29, 1.82) is 0 Å². The summed E-state index contributed by atoms with van der Waals surface area (Å²) in [5, 5.41) is 0. The molecule has 0 heterocycles. The number of carbonyl (C=O) groups excluding carboxylic acids is 1. The molecule has 1 saturated carbocycles. The van der Waals surface area contributed by atoms with Crippen molar-refractivity contribution in [2.24, 2.45) is 5.92 Å². The van der Waals surface area contributed by atoms with Gasteiger partial charge in [0.05, 0.1) is 6.61 Å². The largest absolute Gasteiger partial charge is 0.466 e. The summed E-state index contributed by atoms with van der Waals surface area (Å²) < 4.78 is 5.34. The maximum atomic E-state index is 11.9. The van der Waals surface area contributed by atoms with Crippen LogP contribution < -0.4 is 0 Å². The van der Waals surface area contributed by atoms with E-state index in [1.807, 2.05) is 11.9 Å². The Hall–Kier alpha value is -4.25. The summed E-state index contributed by atoms with van der Waals surface area (Å²) in [6.07, 6.45) is 26.5. The molecular weight excluding hydrogens is 502 g/mol. The highest BCUT2D eigenvalue weighted by Crippen LogP contribution is 2.29. The summed E-state index contributed by atoms with van der Waals surface area (Å²) in [6.45, 7) is 1.10. The molecule has 41 heavy (non-hydrogen) atoms. The monoisotopic (exact) mass is 545 g/mol. The van der Waals surface area contributed by atoms with Gasteiger partial charge in [0, 0.05) is 67.5 Å². The van der Waals surface area contributed by atoms with Crippen LogP contribution in [0.25, 0.3) is 0 Å². The first-order chi connectivity index (χ1) is 20.2. The first-order valence-corrected chi connectivity index (χ1v) is 15.1. The molecule has 0 unspecified atom stereocenters. The van der Waals surface area contributed by atoms with Gasteiger partial charge in [-0.15, -0.1) is 6.42 Å². The van der Waals surface area contributed by atoms with Gasteiger partial charge < -0.3 is 9.64 Å². The predicted molar refractivity (Wildman–Crippen MR) is 169 cm³/mol. The second-order valence-electron chi connectivity index (χ2n) is 10.1. The maximum absolute atomic E-state index is 11.9. The van der Waals surface area contributed by atoms with Crippen LogP contribution in [0.2, 0.25) is 0 Å². The number of nitrogens with zero attached hydrogens (tertiary/aromatic N) is 1. The lowest BCUT2D eigenvalue weighted by Gasteiger charge is -2.10. The predicted octanol–water partition coefficient (Wildman–Crippen LogP) is 6.34. The molecule has 1 fully saturated rings. The summed E-state index contributed by atoms with van der Waals surface area (Å²) in [7, 11) is 1.87. The molecule has 0 aromatic carbocycles. The van der Waals surface area contributed by atoms with E-state index in [0.29, 0.717) is 19.6 Å². The van der Waals surface area contributed by atoms with E-state index in [1.54, 1.807) is 0 Å². The van der Waals surface area contributed by atoms with E-state index in [9.17, 15) is 4.79 Å². The normalized spacial score (nSPS) is 10.7. The van der Waals surface area contributed by atoms with Crippen LogP contribution in [-0.2, 0) is 9.53 Å². The van der Waals surface area contributed by atoms with Crippen molar-refractivity contribution in [3.05, 3.63) is 0 Å². The Morgan fingerprint density at radius 1 is 0.659 bits per heavy atom. The van der Waals surface area contributed by atoms with E-state index in [4.69, 9.17) is 11.2 Å². The highest BCUT2D eigenvalue weighted by molar-refractivity contribution is 5.69. The van der Waals surface area contributed by atoms with Crippen LogP contribution in [0.15, 0.2) is 0 Å². The van der Waals surface area contributed by atoms with Gasteiger partial charge in [-0.25, -0.2) is 0 Å². The lowest BCUT2D eigenvalue weighted by atomic mass is 9.99. The summed E-state index contributed by atoms with van der Waals surface area (Å²) in [4.78, 5) is 13.7. The van der Waals surface area contributed by atoms with Gasteiger partial charge in [-0.3, -0.25) is 4.79 Å². The summed E-state index contributed by atoms with van der Waals surface area (Å²) in [5.74, 6) is 36.1. The smallest absolute Gasteiger partial charge is 0.305 e. The minimum absolute atomic E-state index is 0.0998. The lowest BCUT2D eigenvalue weighted by molar-refractivity contribution is -0.143. The molecule has 0 atom stereocenters. The first-order valence-electron chi connectivity index (χ1n) is 15.1. The molecule has 0 saturated heterocycles. The number of hydrogen-bond donors (Lipinski definition) is 0. The molecule has 0 spiro atoms. The van der Waals surface area contributed by atoms with Crippen molar-refractivity contribution in [1.82, 2.24) is 4.90 Å².